The molecule has 2 aromatic rings. The lowest BCUT2D eigenvalue weighted by Gasteiger charge is -2.21. The van der Waals surface area contributed by atoms with Gasteiger partial charge >= 0.3 is 0 Å². The Bertz CT molecular complexity index is 718. The van der Waals surface area contributed by atoms with Crippen LogP contribution in [-0.4, -0.2) is 35.9 Å². The molecule has 0 aliphatic carbocycles. The Labute approximate surface area is 134 Å². The molecule has 0 radical (unpaired) electrons. The number of hydrogen-bond donors (Lipinski definition) is 2. The third-order valence-electron chi connectivity index (χ3n) is 3.98. The Morgan fingerprint density at radius 1 is 1.17 bits per heavy atom. The first-order valence-corrected chi connectivity index (χ1v) is 7.50. The molecule has 1 aromatic carbocycles. The van der Waals surface area contributed by atoms with E-state index in [1.807, 2.05) is 12.1 Å². The van der Waals surface area contributed by atoms with E-state index >= 15 is 0 Å². The Hall–Kier alpha value is -2.89. The van der Waals surface area contributed by atoms with E-state index in [2.05, 4.69) is 15.2 Å². The molecule has 118 valence electrons. The van der Waals surface area contributed by atoms with Crippen LogP contribution in [0.25, 0.3) is 0 Å². The molecule has 1 atom stereocenters. The Balaban J connectivity index is 1.67. The number of rotatable bonds is 4. The van der Waals surface area contributed by atoms with E-state index in [-0.39, 0.29) is 11.9 Å². The highest BCUT2D eigenvalue weighted by molar-refractivity contribution is 5.98. The predicted molar refractivity (Wildman–Crippen MR) is 87.3 cm³/mol. The largest absolute Gasteiger partial charge is 0.369 e. The second-order valence-electron chi connectivity index (χ2n) is 5.52. The first kappa shape index (κ1) is 15.0. The van der Waals surface area contributed by atoms with E-state index in [0.717, 1.165) is 18.7 Å². The first-order valence-electron chi connectivity index (χ1n) is 7.50. The SMILES string of the molecule is NC(=O)c1ccccc1N1CCC(NC(=O)c2ccncc2)C1. The fourth-order valence-electron chi connectivity index (χ4n) is 2.83. The van der Waals surface area contributed by atoms with E-state index in [1.165, 1.54) is 0 Å². The monoisotopic (exact) mass is 310 g/mol. The second kappa shape index (κ2) is 6.48. The highest BCUT2D eigenvalue weighted by Crippen LogP contribution is 2.24. The van der Waals surface area contributed by atoms with Crippen molar-refractivity contribution in [2.24, 2.45) is 5.73 Å². The molecule has 0 bridgehead atoms. The van der Waals surface area contributed by atoms with Crippen LogP contribution in [0.15, 0.2) is 48.8 Å². The molecular weight excluding hydrogens is 292 g/mol. The molecule has 1 aliphatic heterocycles. The number of nitrogens with zero attached hydrogens (tertiary/aromatic N) is 2. The first-order chi connectivity index (χ1) is 11.1. The molecule has 3 N–H and O–H groups in total. The molecule has 2 heterocycles. The summed E-state index contributed by atoms with van der Waals surface area (Å²) in [6.07, 6.45) is 4.02. The minimum atomic E-state index is -0.440. The molecule has 0 saturated carbocycles. The number of benzene rings is 1. The van der Waals surface area contributed by atoms with Crippen LogP contribution in [0.2, 0.25) is 0 Å². The van der Waals surface area contributed by atoms with Crippen LogP contribution in [0.1, 0.15) is 27.1 Å². The fourth-order valence-corrected chi connectivity index (χ4v) is 2.83. The van der Waals surface area contributed by atoms with Gasteiger partial charge in [0.25, 0.3) is 11.8 Å². The predicted octanol–water partition coefficient (Wildman–Crippen LogP) is 1.19. The van der Waals surface area contributed by atoms with Crippen molar-refractivity contribution in [3.8, 4) is 0 Å². The molecular formula is C17H18N4O2. The normalized spacial score (nSPS) is 17.0. The minimum Gasteiger partial charge on any atom is -0.369 e. The summed E-state index contributed by atoms with van der Waals surface area (Å²) in [5.74, 6) is -0.549. The van der Waals surface area contributed by atoms with Gasteiger partial charge in [0.2, 0.25) is 0 Å². The average molecular weight is 310 g/mol. The summed E-state index contributed by atoms with van der Waals surface area (Å²) in [4.78, 5) is 29.7. The van der Waals surface area contributed by atoms with Crippen molar-refractivity contribution in [2.75, 3.05) is 18.0 Å². The van der Waals surface area contributed by atoms with Crippen LogP contribution < -0.4 is 16.0 Å². The summed E-state index contributed by atoms with van der Waals surface area (Å²) >= 11 is 0. The van der Waals surface area contributed by atoms with Crippen LogP contribution in [0.4, 0.5) is 5.69 Å². The maximum atomic E-state index is 12.2. The highest BCUT2D eigenvalue weighted by Gasteiger charge is 2.26. The van der Waals surface area contributed by atoms with Gasteiger partial charge in [0.15, 0.2) is 0 Å². The quantitative estimate of drug-likeness (QED) is 0.888. The number of carbonyl (C=O) groups excluding carboxylic acids is 2. The van der Waals surface area contributed by atoms with Crippen LogP contribution in [0.3, 0.4) is 0 Å². The number of carbonyl (C=O) groups is 2. The number of aromatic nitrogens is 1. The number of hydrogen-bond acceptors (Lipinski definition) is 4. The maximum Gasteiger partial charge on any atom is 0.251 e. The topological polar surface area (TPSA) is 88.3 Å². The minimum absolute atomic E-state index is 0.0385. The second-order valence-corrected chi connectivity index (χ2v) is 5.52. The molecule has 1 aromatic heterocycles. The van der Waals surface area contributed by atoms with Crippen molar-refractivity contribution in [3.63, 3.8) is 0 Å². The molecule has 6 heteroatoms. The molecule has 23 heavy (non-hydrogen) atoms. The zero-order valence-electron chi connectivity index (χ0n) is 12.6. The van der Waals surface area contributed by atoms with Crippen LogP contribution in [0.5, 0.6) is 0 Å². The summed E-state index contributed by atoms with van der Waals surface area (Å²) in [7, 11) is 0. The number of pyridine rings is 1. The molecule has 6 nitrogen and oxygen atoms in total. The lowest BCUT2D eigenvalue weighted by molar-refractivity contribution is 0.0939. The summed E-state index contributed by atoms with van der Waals surface area (Å²) < 4.78 is 0. The van der Waals surface area contributed by atoms with Crippen molar-refractivity contribution in [1.29, 1.82) is 0 Å². The van der Waals surface area contributed by atoms with Crippen molar-refractivity contribution >= 4 is 17.5 Å². The number of nitrogens with two attached hydrogens (primary N) is 1. The molecule has 1 unspecified atom stereocenters. The van der Waals surface area contributed by atoms with E-state index < -0.39 is 5.91 Å². The lowest BCUT2D eigenvalue weighted by Crippen LogP contribution is -2.37. The number of para-hydroxylation sites is 1. The number of anilines is 1. The molecule has 2 amide bonds. The van der Waals surface area contributed by atoms with Crippen molar-refractivity contribution in [2.45, 2.75) is 12.5 Å². The smallest absolute Gasteiger partial charge is 0.251 e. The number of nitrogens with one attached hydrogen (secondary N) is 1. The van der Waals surface area contributed by atoms with E-state index in [0.29, 0.717) is 17.7 Å². The molecule has 1 fully saturated rings. The van der Waals surface area contributed by atoms with Gasteiger partial charge in [-0.25, -0.2) is 0 Å². The maximum absolute atomic E-state index is 12.2. The summed E-state index contributed by atoms with van der Waals surface area (Å²) in [5.41, 5.74) is 7.35. The van der Waals surface area contributed by atoms with Gasteiger partial charge in [-0.2, -0.15) is 0 Å². The lowest BCUT2D eigenvalue weighted by atomic mass is 10.1. The van der Waals surface area contributed by atoms with Gasteiger partial charge in [-0.1, -0.05) is 12.1 Å². The summed E-state index contributed by atoms with van der Waals surface area (Å²) in [5, 5.41) is 3.02. The highest BCUT2D eigenvalue weighted by atomic mass is 16.2. The van der Waals surface area contributed by atoms with Gasteiger partial charge in [0.1, 0.15) is 0 Å². The third-order valence-corrected chi connectivity index (χ3v) is 3.98. The standard InChI is InChI=1S/C17H18N4O2/c18-16(22)14-3-1-2-4-15(14)21-10-7-13(11-21)20-17(23)12-5-8-19-9-6-12/h1-6,8-9,13H,7,10-11H2,(H2,18,22)(H,20,23). The number of primary amides is 1. The third kappa shape index (κ3) is 3.31. The van der Waals surface area contributed by atoms with Gasteiger partial charge < -0.3 is 16.0 Å². The van der Waals surface area contributed by atoms with Gasteiger partial charge in [0, 0.05) is 42.8 Å². The number of amides is 2. The van der Waals surface area contributed by atoms with Crippen LogP contribution >= 0.6 is 0 Å². The Kier molecular flexibility index (Phi) is 4.23. The van der Waals surface area contributed by atoms with E-state index in [1.54, 1.807) is 36.7 Å². The van der Waals surface area contributed by atoms with Crippen molar-refractivity contribution in [1.82, 2.24) is 10.3 Å². The molecule has 1 saturated heterocycles. The van der Waals surface area contributed by atoms with E-state index in [4.69, 9.17) is 5.73 Å². The van der Waals surface area contributed by atoms with Gasteiger partial charge in [-0.15, -0.1) is 0 Å². The Morgan fingerprint density at radius 3 is 2.65 bits per heavy atom. The summed E-state index contributed by atoms with van der Waals surface area (Å²) in [6, 6.07) is 10.7. The van der Waals surface area contributed by atoms with Crippen molar-refractivity contribution < 1.29 is 9.59 Å². The fraction of sp³-hybridized carbons (Fsp3) is 0.235. The zero-order chi connectivity index (χ0) is 16.2. The van der Waals surface area contributed by atoms with Crippen molar-refractivity contribution in [3.05, 3.63) is 59.9 Å². The molecule has 3 rings (SSSR count). The van der Waals surface area contributed by atoms with Gasteiger partial charge in [-0.05, 0) is 30.7 Å². The zero-order valence-corrected chi connectivity index (χ0v) is 12.6. The summed E-state index contributed by atoms with van der Waals surface area (Å²) in [6.45, 7) is 1.42. The van der Waals surface area contributed by atoms with E-state index in [9.17, 15) is 9.59 Å². The Morgan fingerprint density at radius 2 is 1.91 bits per heavy atom. The van der Waals surface area contributed by atoms with Crippen LogP contribution in [-0.2, 0) is 0 Å². The average Bonchev–Trinajstić information content (AvgIpc) is 3.04. The molecule has 1 aliphatic rings. The van der Waals surface area contributed by atoms with Gasteiger partial charge in [0.05, 0.1) is 5.56 Å². The van der Waals surface area contributed by atoms with Gasteiger partial charge in [-0.3, -0.25) is 14.6 Å². The van der Waals surface area contributed by atoms with Crippen LogP contribution in [0, 0.1) is 0 Å². The molecule has 0 spiro atoms.